The highest BCUT2D eigenvalue weighted by Crippen LogP contribution is 2.44. The molecule has 2 aliphatic rings. The van der Waals surface area contributed by atoms with Gasteiger partial charge in [0.1, 0.15) is 0 Å². The van der Waals surface area contributed by atoms with Gasteiger partial charge in [-0.3, -0.25) is 0 Å². The molecule has 2 aromatic carbocycles. The van der Waals surface area contributed by atoms with Crippen LogP contribution in [-0.2, 0) is 9.84 Å². The monoisotopic (exact) mass is 373 g/mol. The van der Waals surface area contributed by atoms with Crippen LogP contribution < -0.4 is 10.7 Å². The van der Waals surface area contributed by atoms with Crippen LogP contribution in [0.3, 0.4) is 0 Å². The van der Waals surface area contributed by atoms with Gasteiger partial charge in [0, 0.05) is 9.79 Å². The molecule has 4 rings (SSSR count). The SMILES string of the molecule is C/C(=N\NC1CCS(=O)(=O)C1)c1ccc2c(c1)Nc1ccccc1S2. The minimum atomic E-state index is -2.89. The van der Waals surface area contributed by atoms with Gasteiger partial charge >= 0.3 is 0 Å². The third kappa shape index (κ3) is 3.52. The van der Waals surface area contributed by atoms with Crippen molar-refractivity contribution in [1.29, 1.82) is 0 Å². The van der Waals surface area contributed by atoms with E-state index in [4.69, 9.17) is 0 Å². The van der Waals surface area contributed by atoms with Crippen molar-refractivity contribution in [2.75, 3.05) is 16.8 Å². The molecule has 0 saturated carbocycles. The Morgan fingerprint density at radius 2 is 2.00 bits per heavy atom. The molecule has 0 bridgehead atoms. The van der Waals surface area contributed by atoms with E-state index in [-0.39, 0.29) is 17.5 Å². The number of rotatable bonds is 3. The fourth-order valence-electron chi connectivity index (χ4n) is 3.01. The van der Waals surface area contributed by atoms with Crippen LogP contribution in [0.15, 0.2) is 57.4 Å². The minimum Gasteiger partial charge on any atom is -0.354 e. The predicted octanol–water partition coefficient (Wildman–Crippen LogP) is 3.40. The maximum Gasteiger partial charge on any atom is 0.152 e. The van der Waals surface area contributed by atoms with Crippen LogP contribution in [0.1, 0.15) is 18.9 Å². The first-order valence-corrected chi connectivity index (χ1v) is 10.8. The molecule has 1 unspecified atom stereocenters. The molecule has 130 valence electrons. The summed E-state index contributed by atoms with van der Waals surface area (Å²) >= 11 is 1.75. The second-order valence-corrected chi connectivity index (χ2v) is 9.67. The summed E-state index contributed by atoms with van der Waals surface area (Å²) in [6.45, 7) is 1.93. The molecule has 2 N–H and O–H groups in total. The molecule has 1 saturated heterocycles. The molecular formula is C18H19N3O2S2. The average Bonchev–Trinajstić information content (AvgIpc) is 2.96. The van der Waals surface area contributed by atoms with E-state index in [9.17, 15) is 8.42 Å². The number of benzene rings is 2. The molecule has 2 aromatic rings. The lowest BCUT2D eigenvalue weighted by Gasteiger charge is -2.21. The van der Waals surface area contributed by atoms with E-state index in [1.165, 1.54) is 9.79 Å². The van der Waals surface area contributed by atoms with Crippen LogP contribution in [0.25, 0.3) is 0 Å². The number of hydrazone groups is 1. The van der Waals surface area contributed by atoms with Crippen LogP contribution in [0.4, 0.5) is 11.4 Å². The number of hydrogen-bond donors (Lipinski definition) is 2. The maximum atomic E-state index is 11.5. The van der Waals surface area contributed by atoms with Crippen molar-refractivity contribution in [3.05, 3.63) is 48.0 Å². The summed E-state index contributed by atoms with van der Waals surface area (Å²) in [6.07, 6.45) is 0.623. The van der Waals surface area contributed by atoms with Crippen molar-refractivity contribution in [2.24, 2.45) is 5.10 Å². The molecule has 2 aliphatic heterocycles. The van der Waals surface area contributed by atoms with E-state index in [2.05, 4.69) is 40.1 Å². The number of nitrogens with zero attached hydrogens (tertiary/aromatic N) is 1. The minimum absolute atomic E-state index is 0.0851. The van der Waals surface area contributed by atoms with Gasteiger partial charge in [-0.2, -0.15) is 5.10 Å². The van der Waals surface area contributed by atoms with Crippen LogP contribution in [0, 0.1) is 0 Å². The van der Waals surface area contributed by atoms with Gasteiger partial charge in [-0.15, -0.1) is 0 Å². The van der Waals surface area contributed by atoms with Gasteiger partial charge < -0.3 is 10.7 Å². The van der Waals surface area contributed by atoms with Gasteiger partial charge in [0.25, 0.3) is 0 Å². The van der Waals surface area contributed by atoms with Gasteiger partial charge in [0.05, 0.1) is 34.6 Å². The van der Waals surface area contributed by atoms with Crippen LogP contribution >= 0.6 is 11.8 Å². The van der Waals surface area contributed by atoms with E-state index >= 15 is 0 Å². The van der Waals surface area contributed by atoms with E-state index < -0.39 is 9.84 Å². The lowest BCUT2D eigenvalue weighted by atomic mass is 10.1. The summed E-state index contributed by atoms with van der Waals surface area (Å²) in [5.41, 5.74) is 7.05. The molecule has 5 nitrogen and oxygen atoms in total. The molecule has 2 heterocycles. The highest BCUT2D eigenvalue weighted by Gasteiger charge is 2.27. The number of fused-ring (bicyclic) bond motifs is 2. The second-order valence-electron chi connectivity index (χ2n) is 6.36. The summed E-state index contributed by atoms with van der Waals surface area (Å²) in [5.74, 6) is 0.418. The zero-order chi connectivity index (χ0) is 17.4. The molecule has 0 amide bonds. The molecule has 0 radical (unpaired) electrons. The van der Waals surface area contributed by atoms with Crippen LogP contribution in [0.2, 0.25) is 0 Å². The molecule has 1 fully saturated rings. The molecule has 25 heavy (non-hydrogen) atoms. The van der Waals surface area contributed by atoms with Crippen molar-refractivity contribution < 1.29 is 8.42 Å². The Hall–Kier alpha value is -1.99. The Balaban J connectivity index is 1.51. The van der Waals surface area contributed by atoms with Crippen LogP contribution in [0.5, 0.6) is 0 Å². The highest BCUT2D eigenvalue weighted by atomic mass is 32.2. The van der Waals surface area contributed by atoms with E-state index in [1.54, 1.807) is 11.8 Å². The number of anilines is 2. The second kappa shape index (κ2) is 6.38. The van der Waals surface area contributed by atoms with E-state index in [1.807, 2.05) is 25.1 Å². The maximum absolute atomic E-state index is 11.5. The smallest absolute Gasteiger partial charge is 0.152 e. The molecule has 0 aliphatic carbocycles. The van der Waals surface area contributed by atoms with Crippen LogP contribution in [-0.4, -0.2) is 31.7 Å². The fraction of sp³-hybridized carbons (Fsp3) is 0.278. The zero-order valence-corrected chi connectivity index (χ0v) is 15.5. The zero-order valence-electron chi connectivity index (χ0n) is 13.8. The molecule has 1 atom stereocenters. The Kier molecular flexibility index (Phi) is 4.21. The Labute approximate surface area is 151 Å². The standard InChI is InChI=1S/C18H19N3O2S2/c1-12(20-21-14-8-9-25(22,23)11-14)13-6-7-18-16(10-13)19-15-4-2-3-5-17(15)24-18/h2-7,10,14,19,21H,8-9,11H2,1H3/b20-12+. The molecule has 0 aromatic heterocycles. The van der Waals surface area contributed by atoms with E-state index in [0.29, 0.717) is 6.42 Å². The summed E-state index contributed by atoms with van der Waals surface area (Å²) in [4.78, 5) is 2.40. The van der Waals surface area contributed by atoms with E-state index in [0.717, 1.165) is 22.6 Å². The summed E-state index contributed by atoms with van der Waals surface area (Å²) in [5, 5.41) is 7.87. The average molecular weight is 374 g/mol. The Morgan fingerprint density at radius 3 is 2.80 bits per heavy atom. The number of nitrogens with one attached hydrogen (secondary N) is 2. The molecule has 0 spiro atoms. The largest absolute Gasteiger partial charge is 0.354 e. The quantitative estimate of drug-likeness (QED) is 0.544. The van der Waals surface area contributed by atoms with Crippen molar-refractivity contribution >= 4 is 38.7 Å². The lowest BCUT2D eigenvalue weighted by molar-refractivity contribution is 0.577. The summed E-state index contributed by atoms with van der Waals surface area (Å²) in [7, 11) is -2.89. The Bertz CT molecular complexity index is 955. The first kappa shape index (κ1) is 16.5. The van der Waals surface area contributed by atoms with Crippen molar-refractivity contribution in [3.8, 4) is 0 Å². The number of para-hydroxylation sites is 1. The third-order valence-electron chi connectivity index (χ3n) is 4.42. The number of hydrogen-bond acceptors (Lipinski definition) is 6. The van der Waals surface area contributed by atoms with Crippen molar-refractivity contribution in [1.82, 2.24) is 5.43 Å². The summed E-state index contributed by atoms with van der Waals surface area (Å²) < 4.78 is 23.0. The van der Waals surface area contributed by atoms with Crippen molar-refractivity contribution in [2.45, 2.75) is 29.2 Å². The highest BCUT2D eigenvalue weighted by molar-refractivity contribution is 7.99. The van der Waals surface area contributed by atoms with Crippen molar-refractivity contribution in [3.63, 3.8) is 0 Å². The number of sulfone groups is 1. The molecular weight excluding hydrogens is 354 g/mol. The first-order chi connectivity index (χ1) is 12.0. The molecule has 7 heteroatoms. The van der Waals surface area contributed by atoms with Gasteiger partial charge in [0.15, 0.2) is 9.84 Å². The summed E-state index contributed by atoms with van der Waals surface area (Å²) in [6, 6.07) is 14.4. The van der Waals surface area contributed by atoms with Gasteiger partial charge in [-0.1, -0.05) is 30.0 Å². The van der Waals surface area contributed by atoms with Gasteiger partial charge in [-0.05, 0) is 43.2 Å². The fourth-order valence-corrected chi connectivity index (χ4v) is 5.65. The predicted molar refractivity (Wildman–Crippen MR) is 103 cm³/mol. The topological polar surface area (TPSA) is 70.6 Å². The lowest BCUT2D eigenvalue weighted by Crippen LogP contribution is -2.26. The Morgan fingerprint density at radius 1 is 1.20 bits per heavy atom. The van der Waals surface area contributed by atoms with Gasteiger partial charge in [-0.25, -0.2) is 8.42 Å². The normalized spacial score (nSPS) is 21.2. The first-order valence-electron chi connectivity index (χ1n) is 8.19. The van der Waals surface area contributed by atoms with Gasteiger partial charge in [0.2, 0.25) is 0 Å². The third-order valence-corrected chi connectivity index (χ3v) is 7.34.